The van der Waals surface area contributed by atoms with E-state index >= 15 is 4.39 Å². The molecule has 48 heavy (non-hydrogen) atoms. The summed E-state index contributed by atoms with van der Waals surface area (Å²) in [4.78, 5) is 40.1. The largest absolute Gasteiger partial charge is 0.465 e. The zero-order valence-corrected chi connectivity index (χ0v) is 28.0. The predicted octanol–water partition coefficient (Wildman–Crippen LogP) is 5.57. The van der Waals surface area contributed by atoms with Crippen LogP contribution in [0.1, 0.15) is 47.2 Å². The van der Waals surface area contributed by atoms with Crippen LogP contribution in [-0.4, -0.2) is 77.9 Å². The van der Waals surface area contributed by atoms with Crippen molar-refractivity contribution in [2.75, 3.05) is 38.8 Å². The molecular weight excluding hydrogens is 666 g/mol. The third-order valence-electron chi connectivity index (χ3n) is 9.36. The van der Waals surface area contributed by atoms with Gasteiger partial charge in [-0.25, -0.2) is 9.18 Å². The topological polar surface area (TPSA) is 143 Å². The number of hydrogen-bond donors (Lipinski definition) is 3. The average Bonchev–Trinajstić information content (AvgIpc) is 3.32. The molecule has 256 valence electrons. The number of nitro groups is 1. The molecule has 2 heterocycles. The number of anilines is 1. The van der Waals surface area contributed by atoms with Gasteiger partial charge in [0.1, 0.15) is 11.4 Å². The van der Waals surface area contributed by atoms with E-state index in [-0.39, 0.29) is 39.9 Å². The standard InChI is InChI=1S/C34H37Cl2FN4O7/c1-34(33(44)39-24-8-3-7-23(35)15-24)29(25-9-4-10-26(36)30(25)37)31(28(18-42)40(34)17-20-6-5-13-48-19-20)38-16-22-12-11-21(32(43)47-2)14-27(22)41(45)46/h3-4,7-12,14-15,20,28-29,31,38,42H,5-6,13,16-19H2,1-2H3,(H,39,44)/t20?,28-,29-,31+,34+/m0/s1. The second-order valence-corrected chi connectivity index (χ2v) is 13.1. The minimum absolute atomic E-state index is 0.00654. The number of nitrogens with one attached hydrogen (secondary N) is 2. The molecule has 1 amide bonds. The number of nitro benzene ring substituents is 1. The highest BCUT2D eigenvalue weighted by Crippen LogP contribution is 2.48. The summed E-state index contributed by atoms with van der Waals surface area (Å²) in [7, 11) is 1.18. The minimum atomic E-state index is -1.49. The van der Waals surface area contributed by atoms with Crippen LogP contribution >= 0.6 is 23.2 Å². The third-order valence-corrected chi connectivity index (χ3v) is 9.89. The van der Waals surface area contributed by atoms with Crippen LogP contribution < -0.4 is 10.6 Å². The molecule has 14 heteroatoms. The molecule has 5 atom stereocenters. The number of carbonyl (C=O) groups is 2. The molecule has 0 aliphatic carbocycles. The molecule has 2 aliphatic heterocycles. The SMILES string of the molecule is COC(=O)c1ccc(CN[C@@H]2[C@H](CO)N(CC3CCCOC3)[C@@](C)(C(=O)Nc3cccc(Cl)c3)[C@H]2c2cccc(Cl)c2F)c([N+](=O)[O-])c1. The molecule has 2 fully saturated rings. The van der Waals surface area contributed by atoms with Crippen molar-refractivity contribution in [2.24, 2.45) is 5.92 Å². The Morgan fingerprint density at radius 3 is 2.62 bits per heavy atom. The van der Waals surface area contributed by atoms with Crippen LogP contribution in [0.5, 0.6) is 0 Å². The van der Waals surface area contributed by atoms with Gasteiger partial charge in [-0.15, -0.1) is 0 Å². The first-order valence-electron chi connectivity index (χ1n) is 15.5. The van der Waals surface area contributed by atoms with Crippen molar-refractivity contribution < 1.29 is 33.5 Å². The zero-order valence-electron chi connectivity index (χ0n) is 26.5. The minimum Gasteiger partial charge on any atom is -0.465 e. The molecule has 3 aromatic carbocycles. The van der Waals surface area contributed by atoms with E-state index in [0.29, 0.717) is 30.5 Å². The van der Waals surface area contributed by atoms with Gasteiger partial charge < -0.3 is 25.2 Å². The summed E-state index contributed by atoms with van der Waals surface area (Å²) < 4.78 is 26.5. The van der Waals surface area contributed by atoms with Crippen LogP contribution in [0.25, 0.3) is 0 Å². The first kappa shape index (κ1) is 35.7. The summed E-state index contributed by atoms with van der Waals surface area (Å²) in [5, 5.41) is 29.6. The van der Waals surface area contributed by atoms with Crippen molar-refractivity contribution in [3.63, 3.8) is 0 Å². The number of ether oxygens (including phenoxy) is 2. The Kier molecular flexibility index (Phi) is 11.3. The number of carbonyl (C=O) groups excluding carboxylic acids is 2. The highest BCUT2D eigenvalue weighted by molar-refractivity contribution is 6.31. The normalized spacial score (nSPS) is 24.3. The van der Waals surface area contributed by atoms with Gasteiger partial charge in [0.05, 0.1) is 35.8 Å². The Bertz CT molecular complexity index is 1670. The van der Waals surface area contributed by atoms with Crippen LogP contribution in [0.4, 0.5) is 15.8 Å². The first-order valence-corrected chi connectivity index (χ1v) is 16.3. The van der Waals surface area contributed by atoms with Gasteiger partial charge in [-0.05, 0) is 61.6 Å². The van der Waals surface area contributed by atoms with Crippen molar-refractivity contribution in [1.29, 1.82) is 0 Å². The van der Waals surface area contributed by atoms with Crippen LogP contribution in [0.15, 0.2) is 60.7 Å². The molecule has 0 saturated carbocycles. The van der Waals surface area contributed by atoms with Crippen LogP contribution in [-0.2, 0) is 20.8 Å². The highest BCUT2D eigenvalue weighted by Gasteiger charge is 2.61. The fraction of sp³-hybridized carbons (Fsp3) is 0.412. The fourth-order valence-electron chi connectivity index (χ4n) is 7.02. The maximum absolute atomic E-state index is 16.1. The van der Waals surface area contributed by atoms with Crippen LogP contribution in [0.3, 0.4) is 0 Å². The van der Waals surface area contributed by atoms with Gasteiger partial charge in [0.25, 0.3) is 5.69 Å². The van der Waals surface area contributed by atoms with E-state index in [9.17, 15) is 24.8 Å². The molecule has 0 aromatic heterocycles. The summed E-state index contributed by atoms with van der Waals surface area (Å²) >= 11 is 12.5. The number of amides is 1. The highest BCUT2D eigenvalue weighted by atomic mass is 35.5. The maximum Gasteiger partial charge on any atom is 0.338 e. The number of aliphatic hydroxyl groups is 1. The van der Waals surface area contributed by atoms with Gasteiger partial charge in [0.2, 0.25) is 5.91 Å². The lowest BCUT2D eigenvalue weighted by molar-refractivity contribution is -0.385. The van der Waals surface area contributed by atoms with E-state index in [1.165, 1.54) is 25.3 Å². The summed E-state index contributed by atoms with van der Waals surface area (Å²) in [6, 6.07) is 13.6. The van der Waals surface area contributed by atoms with Crippen LogP contribution in [0.2, 0.25) is 10.0 Å². The lowest BCUT2D eigenvalue weighted by Gasteiger charge is -2.41. The molecule has 0 spiro atoms. The smallest absolute Gasteiger partial charge is 0.338 e. The number of aliphatic hydroxyl groups excluding tert-OH is 1. The van der Waals surface area contributed by atoms with E-state index < -0.39 is 52.8 Å². The number of benzene rings is 3. The lowest BCUT2D eigenvalue weighted by Crippen LogP contribution is -2.57. The molecule has 0 bridgehead atoms. The summed E-state index contributed by atoms with van der Waals surface area (Å²) in [6.07, 6.45) is 1.65. The van der Waals surface area contributed by atoms with Crippen molar-refractivity contribution in [2.45, 2.75) is 49.9 Å². The Balaban J connectivity index is 1.62. The van der Waals surface area contributed by atoms with E-state index in [0.717, 1.165) is 18.9 Å². The van der Waals surface area contributed by atoms with E-state index in [1.807, 2.05) is 4.90 Å². The van der Waals surface area contributed by atoms with Crippen molar-refractivity contribution >= 4 is 46.5 Å². The summed E-state index contributed by atoms with van der Waals surface area (Å²) in [6.45, 7) is 2.60. The molecule has 2 saturated heterocycles. The Morgan fingerprint density at radius 1 is 1.19 bits per heavy atom. The van der Waals surface area contributed by atoms with Crippen molar-refractivity contribution in [3.8, 4) is 0 Å². The van der Waals surface area contributed by atoms with Crippen molar-refractivity contribution in [1.82, 2.24) is 10.2 Å². The maximum atomic E-state index is 16.1. The number of likely N-dealkylation sites (tertiary alicyclic amines) is 1. The monoisotopic (exact) mass is 702 g/mol. The first-order chi connectivity index (χ1) is 23.0. The van der Waals surface area contributed by atoms with Gasteiger partial charge in [-0.1, -0.05) is 47.5 Å². The fourth-order valence-corrected chi connectivity index (χ4v) is 7.39. The quantitative estimate of drug-likeness (QED) is 0.133. The van der Waals surface area contributed by atoms with Gasteiger partial charge in [-0.3, -0.25) is 19.8 Å². The molecule has 3 aromatic rings. The van der Waals surface area contributed by atoms with E-state index in [1.54, 1.807) is 43.3 Å². The van der Waals surface area contributed by atoms with Crippen LogP contribution in [0, 0.1) is 21.8 Å². The number of hydrogen-bond acceptors (Lipinski definition) is 9. The molecule has 1 unspecified atom stereocenters. The summed E-state index contributed by atoms with van der Waals surface area (Å²) in [5.41, 5.74) is -1.01. The van der Waals surface area contributed by atoms with Crippen molar-refractivity contribution in [3.05, 3.63) is 103 Å². The second-order valence-electron chi connectivity index (χ2n) is 12.2. The van der Waals surface area contributed by atoms with Gasteiger partial charge >= 0.3 is 5.97 Å². The predicted molar refractivity (Wildman–Crippen MR) is 179 cm³/mol. The molecule has 3 N–H and O–H groups in total. The van der Waals surface area contributed by atoms with E-state index in [2.05, 4.69) is 10.6 Å². The molecule has 5 rings (SSSR count). The Morgan fingerprint density at radius 2 is 1.96 bits per heavy atom. The Hall–Kier alpha value is -3.65. The zero-order chi connectivity index (χ0) is 34.6. The average molecular weight is 704 g/mol. The second kappa shape index (κ2) is 15.3. The van der Waals surface area contributed by atoms with Gasteiger partial charge in [0.15, 0.2) is 0 Å². The molecule has 2 aliphatic rings. The molecule has 11 nitrogen and oxygen atoms in total. The summed E-state index contributed by atoms with van der Waals surface area (Å²) in [5.74, 6) is -2.85. The number of rotatable bonds is 11. The third kappa shape index (κ3) is 7.19. The van der Waals surface area contributed by atoms with E-state index in [4.69, 9.17) is 32.7 Å². The number of esters is 1. The lowest BCUT2D eigenvalue weighted by atomic mass is 9.77. The molecule has 0 radical (unpaired) electrons. The van der Waals surface area contributed by atoms with Gasteiger partial charge in [-0.2, -0.15) is 0 Å². The Labute approximate surface area is 287 Å². The number of nitrogens with zero attached hydrogens (tertiary/aromatic N) is 2. The van der Waals surface area contributed by atoms with Gasteiger partial charge in [0, 0.05) is 60.0 Å². The number of methoxy groups -OCH3 is 1. The number of halogens is 3. The molecular formula is C34H37Cl2FN4O7.